The van der Waals surface area contributed by atoms with Crippen LogP contribution in [0, 0.1) is 5.92 Å². The minimum absolute atomic E-state index is 0.295. The summed E-state index contributed by atoms with van der Waals surface area (Å²) in [5.74, 6) is 3.34. The number of thiophene rings is 1. The van der Waals surface area contributed by atoms with Crippen LogP contribution in [0.25, 0.3) is 10.2 Å². The summed E-state index contributed by atoms with van der Waals surface area (Å²) in [6.07, 6.45) is 5.66. The molecule has 1 amide bonds. The lowest BCUT2D eigenvalue weighted by Crippen LogP contribution is -2.49. The summed E-state index contributed by atoms with van der Waals surface area (Å²) in [4.78, 5) is 30.8. The Hall–Kier alpha value is -1.83. The van der Waals surface area contributed by atoms with Crippen molar-refractivity contribution in [3.63, 3.8) is 0 Å². The predicted octanol–water partition coefficient (Wildman–Crippen LogP) is 5.18. The highest BCUT2D eigenvalue weighted by Crippen LogP contribution is 2.41. The molecule has 0 spiro atoms. The van der Waals surface area contributed by atoms with Crippen LogP contribution in [0.2, 0.25) is 5.02 Å². The van der Waals surface area contributed by atoms with Crippen LogP contribution in [-0.2, 0) is 23.4 Å². The minimum atomic E-state index is 0.295. The first-order chi connectivity index (χ1) is 15.7. The second kappa shape index (κ2) is 8.50. The molecule has 1 saturated heterocycles. The topological polar surface area (TPSA) is 49.3 Å². The molecule has 32 heavy (non-hydrogen) atoms. The maximum atomic E-state index is 12.5. The molecule has 3 aliphatic rings. The van der Waals surface area contributed by atoms with Gasteiger partial charge in [-0.3, -0.25) is 4.79 Å². The third-order valence-corrected chi connectivity index (χ3v) is 9.04. The summed E-state index contributed by atoms with van der Waals surface area (Å²) in [7, 11) is 0. The van der Waals surface area contributed by atoms with Gasteiger partial charge in [0.15, 0.2) is 0 Å². The zero-order valence-electron chi connectivity index (χ0n) is 17.8. The smallest absolute Gasteiger partial charge is 0.225 e. The monoisotopic (exact) mass is 484 g/mol. The highest BCUT2D eigenvalue weighted by Gasteiger charge is 2.35. The number of carbonyl (C=O) groups excluding carboxylic acids is 1. The molecule has 1 saturated carbocycles. The maximum absolute atomic E-state index is 12.5. The lowest BCUT2D eigenvalue weighted by Gasteiger charge is -2.36. The normalized spacial score (nSPS) is 18.4. The van der Waals surface area contributed by atoms with Crippen LogP contribution in [0.15, 0.2) is 29.2 Å². The zero-order chi connectivity index (χ0) is 21.7. The number of aryl methyl sites for hydroxylation is 2. The third-order valence-electron chi connectivity index (χ3n) is 6.59. The molecule has 6 rings (SSSR count). The van der Waals surface area contributed by atoms with Gasteiger partial charge in [0.2, 0.25) is 5.91 Å². The standard InChI is InChI=1S/C24H25ClN4OS2/c25-16-6-8-17(9-7-16)31-14-20-26-22(21-18-2-1-3-19(18)32-23(21)27-20)28-10-12-29(13-11-28)24(30)15-4-5-15/h6-9,15H,1-5,10-14H2. The van der Waals surface area contributed by atoms with Gasteiger partial charge in [-0.25, -0.2) is 9.97 Å². The number of nitrogens with zero attached hydrogens (tertiary/aromatic N) is 4. The molecule has 3 heterocycles. The van der Waals surface area contributed by atoms with Crippen LogP contribution >= 0.6 is 34.7 Å². The number of rotatable bonds is 5. The molecule has 1 aliphatic heterocycles. The molecular weight excluding hydrogens is 460 g/mol. The Morgan fingerprint density at radius 2 is 1.88 bits per heavy atom. The summed E-state index contributed by atoms with van der Waals surface area (Å²) in [6.45, 7) is 3.28. The number of piperazine rings is 1. The Morgan fingerprint density at radius 1 is 1.09 bits per heavy atom. The van der Waals surface area contributed by atoms with Gasteiger partial charge >= 0.3 is 0 Å². The average Bonchev–Trinajstić information content (AvgIpc) is 3.47. The largest absolute Gasteiger partial charge is 0.352 e. The Labute approximate surface area is 201 Å². The summed E-state index contributed by atoms with van der Waals surface area (Å²) < 4.78 is 0. The van der Waals surface area contributed by atoms with E-state index in [2.05, 4.69) is 9.80 Å². The number of anilines is 1. The summed E-state index contributed by atoms with van der Waals surface area (Å²) in [6, 6.07) is 7.93. The van der Waals surface area contributed by atoms with Crippen LogP contribution in [-0.4, -0.2) is 47.0 Å². The number of fused-ring (bicyclic) bond motifs is 3. The predicted molar refractivity (Wildman–Crippen MR) is 132 cm³/mol. The van der Waals surface area contributed by atoms with Crippen molar-refractivity contribution in [2.24, 2.45) is 5.92 Å². The Morgan fingerprint density at radius 3 is 2.62 bits per heavy atom. The molecule has 0 N–H and O–H groups in total. The molecule has 2 aliphatic carbocycles. The van der Waals surface area contributed by atoms with E-state index in [1.165, 1.54) is 27.1 Å². The van der Waals surface area contributed by atoms with Gasteiger partial charge in [-0.2, -0.15) is 0 Å². The average molecular weight is 485 g/mol. The highest BCUT2D eigenvalue weighted by atomic mass is 35.5. The minimum Gasteiger partial charge on any atom is -0.352 e. The third kappa shape index (κ3) is 3.99. The van der Waals surface area contributed by atoms with Gasteiger partial charge < -0.3 is 9.80 Å². The van der Waals surface area contributed by atoms with Gasteiger partial charge in [0.05, 0.1) is 11.1 Å². The molecule has 0 unspecified atom stereocenters. The van der Waals surface area contributed by atoms with Crippen molar-refractivity contribution >= 4 is 56.6 Å². The van der Waals surface area contributed by atoms with Crippen LogP contribution in [0.1, 0.15) is 35.5 Å². The van der Waals surface area contributed by atoms with Gasteiger partial charge in [-0.15, -0.1) is 23.1 Å². The quantitative estimate of drug-likeness (QED) is 0.467. The zero-order valence-corrected chi connectivity index (χ0v) is 20.2. The van der Waals surface area contributed by atoms with E-state index < -0.39 is 0 Å². The van der Waals surface area contributed by atoms with Crippen molar-refractivity contribution in [2.75, 3.05) is 31.1 Å². The lowest BCUT2D eigenvalue weighted by atomic mass is 10.1. The second-order valence-electron chi connectivity index (χ2n) is 8.83. The van der Waals surface area contributed by atoms with Crippen LogP contribution in [0.5, 0.6) is 0 Å². The van der Waals surface area contributed by atoms with Crippen LogP contribution in [0.4, 0.5) is 5.82 Å². The molecule has 0 atom stereocenters. The van der Waals surface area contributed by atoms with Crippen molar-refractivity contribution < 1.29 is 4.79 Å². The maximum Gasteiger partial charge on any atom is 0.225 e. The number of benzene rings is 1. The first kappa shape index (κ1) is 20.8. The molecule has 166 valence electrons. The molecule has 0 bridgehead atoms. The van der Waals surface area contributed by atoms with Crippen molar-refractivity contribution in [3.05, 3.63) is 45.6 Å². The van der Waals surface area contributed by atoms with E-state index in [4.69, 9.17) is 21.6 Å². The van der Waals surface area contributed by atoms with Crippen molar-refractivity contribution in [1.29, 1.82) is 0 Å². The molecule has 5 nitrogen and oxygen atoms in total. The number of thioether (sulfide) groups is 1. The van der Waals surface area contributed by atoms with Crippen LogP contribution in [0.3, 0.4) is 0 Å². The van der Waals surface area contributed by atoms with E-state index in [1.807, 2.05) is 35.6 Å². The molecule has 3 aromatic rings. The molecule has 0 radical (unpaired) electrons. The van der Waals surface area contributed by atoms with E-state index in [0.29, 0.717) is 11.8 Å². The van der Waals surface area contributed by atoms with Gasteiger partial charge in [0.1, 0.15) is 16.5 Å². The Kier molecular flexibility index (Phi) is 5.52. The summed E-state index contributed by atoms with van der Waals surface area (Å²) in [5.41, 5.74) is 1.47. The van der Waals surface area contributed by atoms with Crippen molar-refractivity contribution in [1.82, 2.24) is 14.9 Å². The number of carbonyl (C=O) groups is 1. The Balaban J connectivity index is 1.28. The second-order valence-corrected chi connectivity index (χ2v) is 11.4. The van der Waals surface area contributed by atoms with Crippen LogP contribution < -0.4 is 4.90 Å². The van der Waals surface area contributed by atoms with E-state index >= 15 is 0 Å². The number of halogens is 1. The molecule has 2 fully saturated rings. The fourth-order valence-corrected chi connectivity index (χ4v) is 6.87. The van der Waals surface area contributed by atoms with E-state index in [0.717, 1.165) is 79.1 Å². The molecule has 8 heteroatoms. The van der Waals surface area contributed by atoms with E-state index in [-0.39, 0.29) is 0 Å². The first-order valence-electron chi connectivity index (χ1n) is 11.4. The Bertz CT molecular complexity index is 1170. The fraction of sp³-hybridized carbons (Fsp3) is 0.458. The number of hydrogen-bond donors (Lipinski definition) is 0. The number of amides is 1. The first-order valence-corrected chi connectivity index (χ1v) is 13.6. The van der Waals surface area contributed by atoms with Crippen molar-refractivity contribution in [3.8, 4) is 0 Å². The van der Waals surface area contributed by atoms with Gasteiger partial charge in [-0.1, -0.05) is 11.6 Å². The molecular formula is C24H25ClN4OS2. The van der Waals surface area contributed by atoms with Gasteiger partial charge in [0.25, 0.3) is 0 Å². The number of aromatic nitrogens is 2. The van der Waals surface area contributed by atoms with E-state index in [1.54, 1.807) is 11.8 Å². The van der Waals surface area contributed by atoms with Gasteiger partial charge in [0, 0.05) is 46.9 Å². The SMILES string of the molecule is O=C(C1CC1)N1CCN(c2nc(CSc3ccc(Cl)cc3)nc3sc4c(c23)CCC4)CC1. The summed E-state index contributed by atoms with van der Waals surface area (Å²) in [5, 5.41) is 2.02. The molecule has 2 aromatic heterocycles. The van der Waals surface area contributed by atoms with E-state index in [9.17, 15) is 4.79 Å². The van der Waals surface area contributed by atoms with Gasteiger partial charge in [-0.05, 0) is 61.9 Å². The fourth-order valence-electron chi connectivity index (χ4n) is 4.72. The highest BCUT2D eigenvalue weighted by molar-refractivity contribution is 7.98. The number of hydrogen-bond acceptors (Lipinski definition) is 6. The molecule has 1 aromatic carbocycles. The van der Waals surface area contributed by atoms with Crippen molar-refractivity contribution in [2.45, 2.75) is 42.8 Å². The summed E-state index contributed by atoms with van der Waals surface area (Å²) >= 11 is 9.62. The lowest BCUT2D eigenvalue weighted by molar-refractivity contribution is -0.132.